The molecule has 4 rings (SSSR count). The van der Waals surface area contributed by atoms with Gasteiger partial charge in [0.05, 0.1) is 16.4 Å². The predicted octanol–water partition coefficient (Wildman–Crippen LogP) is 7.51. The van der Waals surface area contributed by atoms with Crippen molar-refractivity contribution in [3.63, 3.8) is 0 Å². The second-order valence-electron chi connectivity index (χ2n) is 8.95. The first kappa shape index (κ1) is 28.3. The molecule has 0 aliphatic rings. The molecule has 0 aliphatic heterocycles. The maximum atomic E-state index is 13.9. The van der Waals surface area contributed by atoms with Crippen LogP contribution in [0, 0.1) is 19.7 Å². The number of hydrogen-bond donors (Lipinski definition) is 1. The predicted molar refractivity (Wildman–Crippen MR) is 149 cm³/mol. The molecular formula is C31H25ClFNO6. The van der Waals surface area contributed by atoms with Crippen molar-refractivity contribution < 1.29 is 33.4 Å². The third-order valence-corrected chi connectivity index (χ3v) is 6.40. The van der Waals surface area contributed by atoms with E-state index in [1.807, 2.05) is 19.1 Å². The summed E-state index contributed by atoms with van der Waals surface area (Å²) >= 11 is 6.53. The van der Waals surface area contributed by atoms with E-state index in [0.717, 1.165) is 10.5 Å². The molecule has 0 radical (unpaired) electrons. The third kappa shape index (κ3) is 6.13. The lowest BCUT2D eigenvalue weighted by Crippen LogP contribution is -2.32. The summed E-state index contributed by atoms with van der Waals surface area (Å²) in [6, 6.07) is 21.1. The molecule has 9 heteroatoms. The lowest BCUT2D eigenvalue weighted by Gasteiger charge is -2.26. The van der Waals surface area contributed by atoms with E-state index in [1.54, 1.807) is 31.2 Å². The van der Waals surface area contributed by atoms with E-state index in [-0.39, 0.29) is 39.1 Å². The van der Waals surface area contributed by atoms with Crippen molar-refractivity contribution in [1.82, 2.24) is 0 Å². The van der Waals surface area contributed by atoms with Crippen LogP contribution in [-0.4, -0.2) is 29.2 Å². The van der Waals surface area contributed by atoms with Gasteiger partial charge in [0, 0.05) is 18.1 Å². The fourth-order valence-corrected chi connectivity index (χ4v) is 4.35. The Hall–Kier alpha value is -4.69. The molecule has 1 atom stereocenters. The molecular weight excluding hydrogens is 537 g/mol. The Bertz CT molecular complexity index is 1600. The fraction of sp³-hybridized carbons (Fsp3) is 0.129. The van der Waals surface area contributed by atoms with Crippen LogP contribution < -0.4 is 4.90 Å². The van der Waals surface area contributed by atoms with E-state index in [1.165, 1.54) is 55.5 Å². The van der Waals surface area contributed by atoms with Gasteiger partial charge in [-0.05, 0) is 73.5 Å². The van der Waals surface area contributed by atoms with Crippen LogP contribution in [0.2, 0.25) is 5.02 Å². The number of aromatic hydroxyl groups is 1. The molecule has 0 spiro atoms. The summed E-state index contributed by atoms with van der Waals surface area (Å²) in [4.78, 5) is 40.2. The maximum Gasteiger partial charge on any atom is 0.422 e. The number of ketones is 1. The van der Waals surface area contributed by atoms with E-state index in [2.05, 4.69) is 0 Å². The third-order valence-electron chi connectivity index (χ3n) is 6.09. The molecule has 0 saturated heterocycles. The highest BCUT2D eigenvalue weighted by molar-refractivity contribution is 6.35. The van der Waals surface area contributed by atoms with Crippen LogP contribution in [-0.2, 0) is 9.47 Å². The summed E-state index contributed by atoms with van der Waals surface area (Å²) in [6.45, 7) is 4.76. The Morgan fingerprint density at radius 1 is 0.825 bits per heavy atom. The van der Waals surface area contributed by atoms with Crippen LogP contribution in [0.1, 0.15) is 44.3 Å². The van der Waals surface area contributed by atoms with Gasteiger partial charge in [-0.3, -0.25) is 4.79 Å². The van der Waals surface area contributed by atoms with Crippen molar-refractivity contribution in [3.8, 4) is 5.75 Å². The molecule has 1 N–H and O–H groups in total. The Morgan fingerprint density at radius 2 is 1.50 bits per heavy atom. The van der Waals surface area contributed by atoms with Crippen molar-refractivity contribution in [2.24, 2.45) is 0 Å². The Kier molecular flexibility index (Phi) is 8.50. The summed E-state index contributed by atoms with van der Waals surface area (Å²) in [5.74, 6) is -1.97. The van der Waals surface area contributed by atoms with Gasteiger partial charge >= 0.3 is 12.1 Å². The summed E-state index contributed by atoms with van der Waals surface area (Å²) in [5, 5.41) is 9.99. The standard InChI is InChI=1S/C31H25ClFNO6/c1-18-8-4-5-9-23(18)29(36)24-14-13-22(17-26(24)32)34(27-15-12-21(33)16-19(27)2)31(38)40-20(3)39-30(37)25-10-6-7-11-28(25)35/h4-17,20,35H,1-3H3. The van der Waals surface area contributed by atoms with Gasteiger partial charge in [-0.25, -0.2) is 18.9 Å². The van der Waals surface area contributed by atoms with Gasteiger partial charge in [0.15, 0.2) is 5.78 Å². The number of phenols is 1. The van der Waals surface area contributed by atoms with Gasteiger partial charge in [-0.2, -0.15) is 0 Å². The number of anilines is 2. The number of hydrogen-bond acceptors (Lipinski definition) is 6. The van der Waals surface area contributed by atoms with Crippen LogP contribution in [0.5, 0.6) is 5.75 Å². The number of para-hydroxylation sites is 1. The highest BCUT2D eigenvalue weighted by Crippen LogP contribution is 2.34. The zero-order chi connectivity index (χ0) is 29.0. The topological polar surface area (TPSA) is 93.1 Å². The Morgan fingerprint density at radius 3 is 2.15 bits per heavy atom. The first-order valence-corrected chi connectivity index (χ1v) is 12.6. The number of carbonyl (C=O) groups excluding carboxylic acids is 3. The van der Waals surface area contributed by atoms with Crippen LogP contribution in [0.15, 0.2) is 84.9 Å². The highest BCUT2D eigenvalue weighted by Gasteiger charge is 2.27. The smallest absolute Gasteiger partial charge is 0.422 e. The normalized spacial score (nSPS) is 11.4. The van der Waals surface area contributed by atoms with Gasteiger partial charge in [0.1, 0.15) is 17.1 Å². The summed E-state index contributed by atoms with van der Waals surface area (Å²) in [5.41, 5.74) is 2.32. The zero-order valence-electron chi connectivity index (χ0n) is 21.9. The van der Waals surface area contributed by atoms with Gasteiger partial charge in [0.2, 0.25) is 6.29 Å². The molecule has 0 heterocycles. The van der Waals surface area contributed by atoms with Crippen molar-refractivity contribution in [2.75, 3.05) is 4.90 Å². The minimum absolute atomic E-state index is 0.0855. The van der Waals surface area contributed by atoms with Crippen molar-refractivity contribution in [2.45, 2.75) is 27.1 Å². The Balaban J connectivity index is 1.65. The Labute approximate surface area is 235 Å². The number of rotatable bonds is 7. The van der Waals surface area contributed by atoms with Gasteiger partial charge < -0.3 is 14.6 Å². The van der Waals surface area contributed by atoms with E-state index in [9.17, 15) is 23.9 Å². The number of amides is 1. The van der Waals surface area contributed by atoms with E-state index in [0.29, 0.717) is 11.1 Å². The summed E-state index contributed by atoms with van der Waals surface area (Å²) in [6.07, 6.45) is -2.32. The monoisotopic (exact) mass is 561 g/mol. The fourth-order valence-electron chi connectivity index (χ4n) is 4.09. The number of ether oxygens (including phenoxy) is 2. The summed E-state index contributed by atoms with van der Waals surface area (Å²) in [7, 11) is 0. The molecule has 0 bridgehead atoms. The molecule has 4 aromatic carbocycles. The van der Waals surface area contributed by atoms with Crippen LogP contribution in [0.4, 0.5) is 20.6 Å². The number of nitrogens with zero attached hydrogens (tertiary/aromatic N) is 1. The van der Waals surface area contributed by atoms with Crippen molar-refractivity contribution in [1.29, 1.82) is 0 Å². The lowest BCUT2D eigenvalue weighted by molar-refractivity contribution is -0.0577. The van der Waals surface area contributed by atoms with Crippen LogP contribution >= 0.6 is 11.6 Å². The van der Waals surface area contributed by atoms with Crippen LogP contribution in [0.3, 0.4) is 0 Å². The van der Waals surface area contributed by atoms with Crippen molar-refractivity contribution in [3.05, 3.63) is 124 Å². The van der Waals surface area contributed by atoms with E-state index in [4.69, 9.17) is 21.1 Å². The molecule has 1 unspecified atom stereocenters. The number of carbonyl (C=O) groups is 3. The quantitative estimate of drug-likeness (QED) is 0.143. The molecule has 0 fully saturated rings. The van der Waals surface area contributed by atoms with Gasteiger partial charge in [-0.1, -0.05) is 48.0 Å². The number of esters is 1. The molecule has 40 heavy (non-hydrogen) atoms. The first-order valence-electron chi connectivity index (χ1n) is 12.2. The number of phenolic OH excluding ortho intramolecular Hbond substituents is 1. The maximum absolute atomic E-state index is 13.9. The number of halogens is 2. The number of aryl methyl sites for hydroxylation is 2. The molecule has 1 amide bonds. The largest absolute Gasteiger partial charge is 0.507 e. The van der Waals surface area contributed by atoms with Crippen molar-refractivity contribution >= 4 is 40.8 Å². The molecule has 7 nitrogen and oxygen atoms in total. The molecule has 204 valence electrons. The first-order chi connectivity index (χ1) is 19.1. The molecule has 0 aliphatic carbocycles. The molecule has 4 aromatic rings. The second kappa shape index (κ2) is 12.0. The highest BCUT2D eigenvalue weighted by atomic mass is 35.5. The van der Waals surface area contributed by atoms with Crippen LogP contribution in [0.25, 0.3) is 0 Å². The second-order valence-corrected chi connectivity index (χ2v) is 9.36. The average molecular weight is 562 g/mol. The minimum atomic E-state index is -1.36. The molecule has 0 aromatic heterocycles. The summed E-state index contributed by atoms with van der Waals surface area (Å²) < 4.78 is 24.5. The average Bonchev–Trinajstić information content (AvgIpc) is 2.90. The lowest BCUT2D eigenvalue weighted by atomic mass is 9.99. The van der Waals surface area contributed by atoms with E-state index < -0.39 is 24.2 Å². The zero-order valence-corrected chi connectivity index (χ0v) is 22.6. The van der Waals surface area contributed by atoms with Gasteiger partial charge in [0.25, 0.3) is 0 Å². The van der Waals surface area contributed by atoms with E-state index >= 15 is 0 Å². The number of benzene rings is 4. The molecule has 0 saturated carbocycles. The van der Waals surface area contributed by atoms with Gasteiger partial charge in [-0.15, -0.1) is 0 Å². The minimum Gasteiger partial charge on any atom is -0.507 e. The SMILES string of the molecule is Cc1ccccc1C(=O)c1ccc(N(C(=O)OC(C)OC(=O)c2ccccc2O)c2ccc(F)cc2C)cc1Cl.